The molecule has 2 rings (SSSR count). The minimum absolute atomic E-state index is 0.141. The Balaban J connectivity index is 0.000000209. The fourth-order valence-electron chi connectivity index (χ4n) is 2.68. The fourth-order valence-corrected chi connectivity index (χ4v) is 2.68. The van der Waals surface area contributed by atoms with Crippen LogP contribution in [0.15, 0.2) is 0 Å². The second kappa shape index (κ2) is 9.78. The minimum atomic E-state index is -0.314. The van der Waals surface area contributed by atoms with Gasteiger partial charge in [-0.1, -0.05) is 6.42 Å². The molecule has 1 N–H and O–H groups in total. The summed E-state index contributed by atoms with van der Waals surface area (Å²) in [7, 11) is -0.628. The molecule has 3 unspecified atom stereocenters. The van der Waals surface area contributed by atoms with Gasteiger partial charge in [-0.15, -0.1) is 0 Å². The molecule has 0 aliphatic heterocycles. The zero-order valence-corrected chi connectivity index (χ0v) is 22.2. The van der Waals surface area contributed by atoms with Crippen LogP contribution in [-0.2, 0) is 4.79 Å². The van der Waals surface area contributed by atoms with E-state index in [0.717, 1.165) is 11.8 Å². The summed E-state index contributed by atoms with van der Waals surface area (Å²) in [6.07, 6.45) is 5.35. The Hall–Kier alpha value is 3.85. The number of hydrogen-bond donors (Lipinski definition) is 1. The second-order valence-corrected chi connectivity index (χ2v) is 102. The first kappa shape index (κ1) is 18.9. The molecule has 104 valence electrons. The monoisotopic (exact) mass is 915 g/mol. The normalized spacial score (nSPS) is 31.5. The molecule has 0 spiro atoms. The Kier molecular flexibility index (Phi) is 10.9. The maximum atomic E-state index is 10.8. The van der Waals surface area contributed by atoms with Gasteiger partial charge in [0, 0.05) is 13.0 Å². The van der Waals surface area contributed by atoms with E-state index in [2.05, 4.69) is 79.8 Å². The number of nitrogens with one attached hydrogen (secondary N) is 1. The van der Waals surface area contributed by atoms with E-state index in [4.69, 9.17) is 0 Å². The molecule has 0 saturated heterocycles. The third kappa shape index (κ3) is 7.60. The number of carbonyl (C=O) groups is 1. The van der Waals surface area contributed by atoms with Gasteiger partial charge in [0.15, 0.2) is 0 Å². The van der Waals surface area contributed by atoms with Crippen LogP contribution in [-0.4, -0.2) is 11.9 Å². The van der Waals surface area contributed by atoms with Crippen molar-refractivity contribution in [3.8, 4) is 0 Å². The molecular formula is C9H15I6NO. The van der Waals surface area contributed by atoms with Gasteiger partial charge in [0.25, 0.3) is 0 Å². The second-order valence-electron chi connectivity index (χ2n) is 4.31. The number of halogens is 6. The van der Waals surface area contributed by atoms with E-state index >= 15 is 0 Å². The van der Waals surface area contributed by atoms with Gasteiger partial charge in [0.2, 0.25) is 5.91 Å². The van der Waals surface area contributed by atoms with Gasteiger partial charge < -0.3 is 5.32 Å². The van der Waals surface area contributed by atoms with Crippen LogP contribution in [0.4, 0.5) is 0 Å². The van der Waals surface area contributed by atoms with Crippen molar-refractivity contribution in [2.45, 2.75) is 38.6 Å². The molecule has 2 bridgehead atoms. The number of amides is 1. The Labute approximate surface area is 153 Å². The van der Waals surface area contributed by atoms with E-state index in [1.807, 2.05) is 0 Å². The summed E-state index contributed by atoms with van der Waals surface area (Å²) >= 11 is 10.5. The van der Waals surface area contributed by atoms with Crippen LogP contribution in [0.5, 0.6) is 0 Å². The van der Waals surface area contributed by atoms with E-state index in [1.54, 1.807) is 6.92 Å². The average Bonchev–Trinajstić information content (AvgIpc) is 2.78. The molecule has 0 aromatic heterocycles. The van der Waals surface area contributed by atoms with Gasteiger partial charge in [-0.2, -0.15) is 0 Å². The van der Waals surface area contributed by atoms with Crippen molar-refractivity contribution < 1.29 is 4.79 Å². The predicted octanol–water partition coefficient (Wildman–Crippen LogP) is 6.63. The first-order valence-corrected chi connectivity index (χ1v) is 36.7. The maximum absolute atomic E-state index is 10.8. The average molecular weight is 915 g/mol. The molecule has 2 fully saturated rings. The Bertz CT molecular complexity index is 256. The molecule has 0 aromatic rings. The summed E-state index contributed by atoms with van der Waals surface area (Å²) < 4.78 is 0. The summed E-state index contributed by atoms with van der Waals surface area (Å²) in [5, 5.41) is 3.03. The van der Waals surface area contributed by atoms with Crippen LogP contribution in [0.3, 0.4) is 0 Å². The first-order valence-electron chi connectivity index (χ1n) is 5.24. The third-order valence-electron chi connectivity index (χ3n) is 3.21. The van der Waals surface area contributed by atoms with Crippen LogP contribution in [0.25, 0.3) is 0 Å². The topological polar surface area (TPSA) is 29.1 Å². The van der Waals surface area contributed by atoms with Crippen LogP contribution >= 0.6 is 90.3 Å². The van der Waals surface area contributed by atoms with Crippen molar-refractivity contribution >= 4 is 96.2 Å². The molecule has 17 heavy (non-hydrogen) atoms. The van der Waals surface area contributed by atoms with Crippen LogP contribution in [0, 0.1) is 11.8 Å². The van der Waals surface area contributed by atoms with Crippen molar-refractivity contribution in [3.63, 3.8) is 0 Å². The van der Waals surface area contributed by atoms with Gasteiger partial charge in [-0.25, -0.2) is 0 Å². The molecule has 0 aromatic carbocycles. The molecule has 2 nitrogen and oxygen atoms in total. The zero-order chi connectivity index (χ0) is 13.0. The number of hydrogen-bond acceptors (Lipinski definition) is 1. The van der Waals surface area contributed by atoms with Crippen LogP contribution in [0.1, 0.15) is 32.6 Å². The fraction of sp³-hybridized carbons (Fsp3) is 0.889. The SMILES string of the molecule is CC(=O)NC1CC2CCC1C2.II(I)I(I)I. The van der Waals surface area contributed by atoms with E-state index in [-0.39, 0.29) is 21.7 Å². The van der Waals surface area contributed by atoms with Crippen molar-refractivity contribution in [3.05, 3.63) is 0 Å². The Morgan fingerprint density at radius 1 is 1.12 bits per heavy atom. The Morgan fingerprint density at radius 2 is 1.71 bits per heavy atom. The summed E-state index contributed by atoms with van der Waals surface area (Å²) in [5.74, 6) is 1.88. The molecular weight excluding hydrogens is 900 g/mol. The number of carbonyl (C=O) groups excluding carboxylic acids is 1. The molecule has 0 radical (unpaired) electrons. The van der Waals surface area contributed by atoms with E-state index in [9.17, 15) is 4.79 Å². The first-order chi connectivity index (χ1) is 7.90. The van der Waals surface area contributed by atoms with Crippen LogP contribution in [0.2, 0.25) is 0 Å². The Morgan fingerprint density at radius 3 is 2.00 bits per heavy atom. The molecule has 3 atom stereocenters. The van der Waals surface area contributed by atoms with Crippen molar-refractivity contribution in [2.75, 3.05) is 0 Å². The number of fused-ring (bicyclic) bond motifs is 2. The van der Waals surface area contributed by atoms with Gasteiger partial charge in [-0.05, 0) is 31.1 Å². The third-order valence-corrected chi connectivity index (χ3v) is 168. The summed E-state index contributed by atoms with van der Waals surface area (Å²) in [6.45, 7) is 1.62. The molecule has 0 heterocycles. The van der Waals surface area contributed by atoms with Crippen molar-refractivity contribution in [2.24, 2.45) is 11.8 Å². The van der Waals surface area contributed by atoms with E-state index in [1.165, 1.54) is 25.7 Å². The van der Waals surface area contributed by atoms with Crippen LogP contribution < -0.4 is 5.32 Å². The summed E-state index contributed by atoms with van der Waals surface area (Å²) in [5.41, 5.74) is 0. The molecule has 1 amide bonds. The van der Waals surface area contributed by atoms with E-state index in [0.29, 0.717) is 6.04 Å². The van der Waals surface area contributed by atoms with E-state index < -0.39 is 0 Å². The summed E-state index contributed by atoms with van der Waals surface area (Å²) in [6, 6.07) is 0.520. The van der Waals surface area contributed by atoms with Crippen molar-refractivity contribution in [1.29, 1.82) is 0 Å². The standard InChI is InChI=1S/C9H15NO.I6/c1-6(11)10-9-5-7-2-3-8(9)4-7;1-5(2)6(3)4/h7-9H,2-5H2,1H3,(H,10,11);. The predicted molar refractivity (Wildman–Crippen MR) is 127 cm³/mol. The van der Waals surface area contributed by atoms with Crippen molar-refractivity contribution in [1.82, 2.24) is 5.32 Å². The molecule has 2 saturated carbocycles. The quantitative estimate of drug-likeness (QED) is 0.311. The van der Waals surface area contributed by atoms with Gasteiger partial charge in [-0.3, -0.25) is 4.79 Å². The van der Waals surface area contributed by atoms with Gasteiger partial charge in [0.1, 0.15) is 0 Å². The molecule has 2 aliphatic carbocycles. The summed E-state index contributed by atoms with van der Waals surface area (Å²) in [4.78, 5) is 10.8. The van der Waals surface area contributed by atoms with Gasteiger partial charge >= 0.3 is 90.3 Å². The molecule has 2 aliphatic rings. The number of rotatable bonds is 2. The zero-order valence-electron chi connectivity index (χ0n) is 9.24. The van der Waals surface area contributed by atoms with Gasteiger partial charge in [0.05, 0.1) is 0 Å². The molecule has 8 heteroatoms.